The number of aliphatic hydroxyl groups is 1. The molecule has 0 saturated carbocycles. The maximum atomic E-state index is 11.5. The van der Waals surface area contributed by atoms with Gasteiger partial charge in [-0.3, -0.25) is 14.3 Å². The van der Waals surface area contributed by atoms with Gasteiger partial charge in [0.2, 0.25) is 0 Å². The molecule has 1 heterocycles. The lowest BCUT2D eigenvalue weighted by Gasteiger charge is -2.21. The molecule has 0 aliphatic rings. The van der Waals surface area contributed by atoms with E-state index >= 15 is 0 Å². The van der Waals surface area contributed by atoms with Gasteiger partial charge in [-0.25, -0.2) is 4.79 Å². The molecule has 2 N–H and O–H groups in total. The summed E-state index contributed by atoms with van der Waals surface area (Å²) in [6, 6.07) is 1.23. The minimum atomic E-state index is -0.601. The lowest BCUT2D eigenvalue weighted by Crippen LogP contribution is -2.34. The molecular weight excluding hydrogens is 228 g/mol. The molecule has 0 radical (unpaired) electrons. The molecule has 0 fully saturated rings. The predicted molar refractivity (Wildman–Crippen MR) is 59.9 cm³/mol. The summed E-state index contributed by atoms with van der Waals surface area (Å²) in [5.74, 6) is 0. The zero-order valence-electron chi connectivity index (χ0n) is 9.75. The molecular formula is C10H16N2O5. The van der Waals surface area contributed by atoms with Gasteiger partial charge in [0.15, 0.2) is 0 Å². The average Bonchev–Trinajstić information content (AvgIpc) is 2.32. The smallest absolute Gasteiger partial charge is 0.330 e. The molecule has 0 spiro atoms. The fourth-order valence-electron chi connectivity index (χ4n) is 1.45. The first-order valence-electron chi connectivity index (χ1n) is 5.10. The van der Waals surface area contributed by atoms with Gasteiger partial charge < -0.3 is 14.6 Å². The molecule has 0 aromatic carbocycles. The molecule has 2 atom stereocenters. The van der Waals surface area contributed by atoms with E-state index in [1.165, 1.54) is 31.0 Å². The number of methoxy groups -OCH3 is 2. The fraction of sp³-hybridized carbons (Fsp3) is 0.600. The second-order valence-corrected chi connectivity index (χ2v) is 3.48. The van der Waals surface area contributed by atoms with Crippen LogP contribution in [0.5, 0.6) is 0 Å². The number of aromatic nitrogens is 2. The Hall–Kier alpha value is -1.44. The third-order valence-corrected chi connectivity index (χ3v) is 2.43. The predicted octanol–water partition coefficient (Wildman–Crippen LogP) is -0.921. The van der Waals surface area contributed by atoms with Gasteiger partial charge in [-0.1, -0.05) is 0 Å². The Bertz CT molecular complexity index is 448. The van der Waals surface area contributed by atoms with Gasteiger partial charge in [-0.05, 0) is 0 Å². The molecule has 0 aliphatic heterocycles. The molecule has 7 nitrogen and oxygen atoms in total. The molecule has 1 rings (SSSR count). The van der Waals surface area contributed by atoms with E-state index in [0.29, 0.717) is 6.42 Å². The summed E-state index contributed by atoms with van der Waals surface area (Å²) in [5, 5.41) is 9.01. The van der Waals surface area contributed by atoms with Crippen LogP contribution in [-0.4, -0.2) is 41.6 Å². The zero-order chi connectivity index (χ0) is 12.8. The molecule has 17 heavy (non-hydrogen) atoms. The average molecular weight is 244 g/mol. The highest BCUT2D eigenvalue weighted by Crippen LogP contribution is 2.13. The number of ether oxygens (including phenoxy) is 2. The lowest BCUT2D eigenvalue weighted by atomic mass is 10.2. The largest absolute Gasteiger partial charge is 0.394 e. The standard InChI is InChI=1S/C10H16N2O5/c1-16-7(6-13)5-9(17-2)12-4-3-8(14)11-10(12)15/h3-4,7,9,13H,5-6H2,1-2H3,(H,11,14,15). The number of nitrogens with one attached hydrogen (secondary N) is 1. The van der Waals surface area contributed by atoms with Gasteiger partial charge in [-0.15, -0.1) is 0 Å². The highest BCUT2D eigenvalue weighted by Gasteiger charge is 2.17. The molecule has 96 valence electrons. The molecule has 0 saturated heterocycles. The minimum Gasteiger partial charge on any atom is -0.394 e. The number of aromatic amines is 1. The van der Waals surface area contributed by atoms with Gasteiger partial charge in [0.25, 0.3) is 5.56 Å². The SMILES string of the molecule is COC(CO)CC(OC)n1ccc(=O)[nH]c1=O. The van der Waals surface area contributed by atoms with E-state index in [4.69, 9.17) is 14.6 Å². The van der Waals surface area contributed by atoms with Crippen LogP contribution in [0.3, 0.4) is 0 Å². The van der Waals surface area contributed by atoms with E-state index in [2.05, 4.69) is 4.98 Å². The minimum absolute atomic E-state index is 0.172. The van der Waals surface area contributed by atoms with Gasteiger partial charge >= 0.3 is 5.69 Å². The summed E-state index contributed by atoms with van der Waals surface area (Å²) >= 11 is 0. The third kappa shape index (κ3) is 3.52. The van der Waals surface area contributed by atoms with Crippen molar-refractivity contribution in [3.63, 3.8) is 0 Å². The number of H-pyrrole nitrogens is 1. The van der Waals surface area contributed by atoms with E-state index in [9.17, 15) is 9.59 Å². The van der Waals surface area contributed by atoms with Crippen LogP contribution in [0, 0.1) is 0 Å². The monoisotopic (exact) mass is 244 g/mol. The van der Waals surface area contributed by atoms with Crippen LogP contribution >= 0.6 is 0 Å². The Morgan fingerprint density at radius 1 is 1.41 bits per heavy atom. The number of hydrogen-bond acceptors (Lipinski definition) is 5. The lowest BCUT2D eigenvalue weighted by molar-refractivity contribution is -0.0348. The van der Waals surface area contributed by atoms with Crippen molar-refractivity contribution in [2.24, 2.45) is 0 Å². The van der Waals surface area contributed by atoms with Crippen molar-refractivity contribution < 1.29 is 14.6 Å². The topological polar surface area (TPSA) is 93.5 Å². The Morgan fingerprint density at radius 3 is 2.59 bits per heavy atom. The first-order valence-corrected chi connectivity index (χ1v) is 5.10. The van der Waals surface area contributed by atoms with Gasteiger partial charge in [0.1, 0.15) is 6.23 Å². The Kier molecular flexibility index (Phi) is 5.08. The summed E-state index contributed by atoms with van der Waals surface area (Å²) in [5.41, 5.74) is -1.02. The normalized spacial score (nSPS) is 14.5. The molecule has 0 amide bonds. The van der Waals surface area contributed by atoms with Crippen LogP contribution in [0.25, 0.3) is 0 Å². The fourth-order valence-corrected chi connectivity index (χ4v) is 1.45. The second-order valence-electron chi connectivity index (χ2n) is 3.48. The first-order chi connectivity index (χ1) is 8.12. The first kappa shape index (κ1) is 13.6. The van der Waals surface area contributed by atoms with Crippen molar-refractivity contribution in [3.05, 3.63) is 33.1 Å². The summed E-state index contributed by atoms with van der Waals surface area (Å²) in [4.78, 5) is 24.6. The summed E-state index contributed by atoms with van der Waals surface area (Å²) in [6.07, 6.45) is 0.616. The zero-order valence-corrected chi connectivity index (χ0v) is 9.75. The number of nitrogens with zero attached hydrogens (tertiary/aromatic N) is 1. The van der Waals surface area contributed by atoms with E-state index in [-0.39, 0.29) is 6.61 Å². The molecule has 1 aromatic rings. The van der Waals surface area contributed by atoms with Crippen molar-refractivity contribution in [2.75, 3.05) is 20.8 Å². The van der Waals surface area contributed by atoms with Crippen LogP contribution < -0.4 is 11.2 Å². The van der Waals surface area contributed by atoms with E-state index < -0.39 is 23.6 Å². The van der Waals surface area contributed by atoms with Crippen LogP contribution in [0.2, 0.25) is 0 Å². The summed E-state index contributed by atoms with van der Waals surface area (Å²) in [6.45, 7) is -0.172. The molecule has 1 aromatic heterocycles. The third-order valence-electron chi connectivity index (χ3n) is 2.43. The van der Waals surface area contributed by atoms with Crippen LogP contribution in [0.15, 0.2) is 21.9 Å². The van der Waals surface area contributed by atoms with Gasteiger partial charge in [-0.2, -0.15) is 0 Å². The molecule has 0 bridgehead atoms. The van der Waals surface area contributed by atoms with Gasteiger partial charge in [0, 0.05) is 32.9 Å². The van der Waals surface area contributed by atoms with Gasteiger partial charge in [0.05, 0.1) is 12.7 Å². The molecule has 7 heteroatoms. The Morgan fingerprint density at radius 2 is 2.12 bits per heavy atom. The summed E-state index contributed by atoms with van der Waals surface area (Å²) < 4.78 is 11.4. The van der Waals surface area contributed by atoms with E-state index in [1.54, 1.807) is 0 Å². The van der Waals surface area contributed by atoms with Crippen molar-refractivity contribution in [3.8, 4) is 0 Å². The van der Waals surface area contributed by atoms with E-state index in [1.807, 2.05) is 0 Å². The van der Waals surface area contributed by atoms with Crippen LogP contribution in [0.1, 0.15) is 12.6 Å². The summed E-state index contributed by atoms with van der Waals surface area (Å²) in [7, 11) is 2.90. The second kappa shape index (κ2) is 6.33. The Balaban J connectivity index is 2.93. The van der Waals surface area contributed by atoms with Crippen molar-refractivity contribution >= 4 is 0 Å². The van der Waals surface area contributed by atoms with Crippen molar-refractivity contribution in [2.45, 2.75) is 18.8 Å². The van der Waals surface area contributed by atoms with Crippen LogP contribution in [0.4, 0.5) is 0 Å². The highest BCUT2D eigenvalue weighted by molar-refractivity contribution is 4.84. The maximum Gasteiger partial charge on any atom is 0.330 e. The number of rotatable bonds is 6. The van der Waals surface area contributed by atoms with Crippen LogP contribution in [-0.2, 0) is 9.47 Å². The molecule has 0 aliphatic carbocycles. The highest BCUT2D eigenvalue weighted by atomic mass is 16.5. The maximum absolute atomic E-state index is 11.5. The Labute approximate surface area is 97.6 Å². The number of aliphatic hydroxyl groups excluding tert-OH is 1. The molecule has 2 unspecified atom stereocenters. The van der Waals surface area contributed by atoms with Crippen molar-refractivity contribution in [1.82, 2.24) is 9.55 Å². The van der Waals surface area contributed by atoms with E-state index in [0.717, 1.165) is 0 Å². The quantitative estimate of drug-likeness (QED) is 0.675. The van der Waals surface area contributed by atoms with Crippen molar-refractivity contribution in [1.29, 1.82) is 0 Å². The number of hydrogen-bond donors (Lipinski definition) is 2.